The van der Waals surface area contributed by atoms with Crippen LogP contribution in [0.3, 0.4) is 0 Å². The number of hydrogen-bond donors (Lipinski definition) is 0. The summed E-state index contributed by atoms with van der Waals surface area (Å²) in [5, 5.41) is 0. The fourth-order valence-electron chi connectivity index (χ4n) is 4.75. The molecule has 0 aromatic heterocycles. The molecule has 0 saturated carbocycles. The maximum Gasteiger partial charge on any atom is 0.346 e. The van der Waals surface area contributed by atoms with Crippen LogP contribution in [0.25, 0.3) is 0 Å². The molecule has 2 bridgehead atoms. The first-order valence-corrected chi connectivity index (χ1v) is 9.31. The van der Waals surface area contributed by atoms with Crippen LogP contribution >= 0.6 is 0 Å². The van der Waals surface area contributed by atoms with Crippen molar-refractivity contribution in [2.24, 2.45) is 11.3 Å². The van der Waals surface area contributed by atoms with Crippen molar-refractivity contribution >= 4 is 17.8 Å². The summed E-state index contributed by atoms with van der Waals surface area (Å²) in [6, 6.07) is 0. The highest BCUT2D eigenvalue weighted by atomic mass is 16.6. The molecule has 0 aromatic rings. The SMILES string of the molecule is CCOC(=O)[C@]12CC3CCC(=O)N4CCC(=C1OC(=O)C(C)(C)C)[C@]34O2. The minimum Gasteiger partial charge on any atom is -0.463 e. The van der Waals surface area contributed by atoms with Gasteiger partial charge >= 0.3 is 11.9 Å². The lowest BCUT2D eigenvalue weighted by Crippen LogP contribution is -2.54. The van der Waals surface area contributed by atoms with Gasteiger partial charge < -0.3 is 19.1 Å². The predicted molar refractivity (Wildman–Crippen MR) is 89.4 cm³/mol. The second-order valence-corrected chi connectivity index (χ2v) is 8.53. The maximum absolute atomic E-state index is 12.9. The molecule has 1 unspecified atom stereocenters. The van der Waals surface area contributed by atoms with Gasteiger partial charge in [-0.2, -0.15) is 0 Å². The first kappa shape index (κ1) is 17.5. The third-order valence-electron chi connectivity index (χ3n) is 5.90. The van der Waals surface area contributed by atoms with E-state index < -0.39 is 28.7 Å². The lowest BCUT2D eigenvalue weighted by atomic mass is 9.73. The number of amides is 1. The summed E-state index contributed by atoms with van der Waals surface area (Å²) >= 11 is 0. The molecule has 4 aliphatic rings. The molecule has 7 heteroatoms. The summed E-state index contributed by atoms with van der Waals surface area (Å²) in [5.41, 5.74) is -2.30. The van der Waals surface area contributed by atoms with Crippen molar-refractivity contribution in [1.29, 1.82) is 0 Å². The number of piperidine rings is 1. The van der Waals surface area contributed by atoms with Gasteiger partial charge in [0, 0.05) is 30.9 Å². The van der Waals surface area contributed by atoms with Gasteiger partial charge in [-0.05, 0) is 40.5 Å². The number of hydrogen-bond acceptors (Lipinski definition) is 6. The van der Waals surface area contributed by atoms with Crippen molar-refractivity contribution in [2.75, 3.05) is 13.2 Å². The Kier molecular flexibility index (Phi) is 3.58. The molecule has 0 aromatic carbocycles. The summed E-state index contributed by atoms with van der Waals surface area (Å²) in [7, 11) is 0. The lowest BCUT2D eigenvalue weighted by Gasteiger charge is -2.42. The Hall–Kier alpha value is -1.89. The van der Waals surface area contributed by atoms with E-state index in [9.17, 15) is 14.4 Å². The molecule has 0 aliphatic carbocycles. The van der Waals surface area contributed by atoms with Gasteiger partial charge in [-0.1, -0.05) is 0 Å². The summed E-state index contributed by atoms with van der Waals surface area (Å²) in [6.45, 7) is 7.75. The quantitative estimate of drug-likeness (QED) is 0.713. The smallest absolute Gasteiger partial charge is 0.346 e. The molecule has 1 spiro atoms. The van der Waals surface area contributed by atoms with Crippen LogP contribution in [0.5, 0.6) is 0 Å². The van der Waals surface area contributed by atoms with Gasteiger partial charge in [0.25, 0.3) is 0 Å². The van der Waals surface area contributed by atoms with Crippen molar-refractivity contribution in [2.45, 2.75) is 64.7 Å². The number of fused-ring (bicyclic) bond motifs is 1. The van der Waals surface area contributed by atoms with E-state index in [1.807, 2.05) is 0 Å². The van der Waals surface area contributed by atoms with E-state index in [0.717, 1.165) is 5.57 Å². The average molecular weight is 363 g/mol. The number of carbonyl (C=O) groups excluding carboxylic acids is 3. The molecule has 4 rings (SSSR count). The first-order valence-electron chi connectivity index (χ1n) is 9.31. The normalized spacial score (nSPS) is 35.0. The fraction of sp³-hybridized carbons (Fsp3) is 0.737. The zero-order chi connectivity index (χ0) is 18.9. The summed E-state index contributed by atoms with van der Waals surface area (Å²) in [6.07, 6.45) is 2.06. The van der Waals surface area contributed by atoms with Crippen LogP contribution in [0.15, 0.2) is 11.3 Å². The van der Waals surface area contributed by atoms with Crippen LogP contribution in [0.2, 0.25) is 0 Å². The average Bonchev–Trinajstić information content (AvgIpc) is 3.17. The van der Waals surface area contributed by atoms with Crippen LogP contribution < -0.4 is 0 Å². The van der Waals surface area contributed by atoms with Gasteiger partial charge in [-0.25, -0.2) is 4.79 Å². The highest BCUT2D eigenvalue weighted by Gasteiger charge is 2.76. The number of esters is 2. The van der Waals surface area contributed by atoms with Crippen LogP contribution in [0.4, 0.5) is 0 Å². The highest BCUT2D eigenvalue weighted by Crippen LogP contribution is 2.65. The van der Waals surface area contributed by atoms with Crippen LogP contribution in [-0.2, 0) is 28.6 Å². The molecule has 4 heterocycles. The van der Waals surface area contributed by atoms with Crippen LogP contribution in [0, 0.1) is 11.3 Å². The zero-order valence-electron chi connectivity index (χ0n) is 15.7. The number of ether oxygens (including phenoxy) is 3. The van der Waals surface area contributed by atoms with E-state index in [2.05, 4.69) is 0 Å². The van der Waals surface area contributed by atoms with Gasteiger partial charge in [0.05, 0.1) is 12.0 Å². The van der Waals surface area contributed by atoms with E-state index >= 15 is 0 Å². The van der Waals surface area contributed by atoms with E-state index in [1.165, 1.54) is 0 Å². The minimum absolute atomic E-state index is 0.0270. The lowest BCUT2D eigenvalue weighted by molar-refractivity contribution is -0.191. The van der Waals surface area contributed by atoms with E-state index in [1.54, 1.807) is 32.6 Å². The van der Waals surface area contributed by atoms with Crippen molar-refractivity contribution in [3.05, 3.63) is 11.3 Å². The predicted octanol–water partition coefficient (Wildman–Crippen LogP) is 1.90. The zero-order valence-corrected chi connectivity index (χ0v) is 15.7. The molecular weight excluding hydrogens is 338 g/mol. The summed E-state index contributed by atoms with van der Waals surface area (Å²) in [4.78, 5) is 39.7. The van der Waals surface area contributed by atoms with Gasteiger partial charge in [-0.15, -0.1) is 0 Å². The Balaban J connectivity index is 1.83. The van der Waals surface area contributed by atoms with Gasteiger partial charge in [-0.3, -0.25) is 9.59 Å². The second-order valence-electron chi connectivity index (χ2n) is 8.53. The molecule has 4 aliphatic heterocycles. The molecule has 7 nitrogen and oxygen atoms in total. The molecule has 0 N–H and O–H groups in total. The molecule has 26 heavy (non-hydrogen) atoms. The topological polar surface area (TPSA) is 82.1 Å². The molecule has 142 valence electrons. The molecule has 1 amide bonds. The maximum atomic E-state index is 12.9. The van der Waals surface area contributed by atoms with Gasteiger partial charge in [0.2, 0.25) is 11.5 Å². The Morgan fingerprint density at radius 3 is 2.69 bits per heavy atom. The Morgan fingerprint density at radius 2 is 2.04 bits per heavy atom. The Bertz CT molecular complexity index is 735. The first-order chi connectivity index (χ1) is 12.2. The standard InChI is InChI=1S/C19H25NO6/c1-5-24-16(23)18-10-11-6-7-13(21)20-9-8-12(19(11,20)26-18)14(18)25-15(22)17(2,3)4/h11H,5-10H2,1-4H3/t11?,18-,19+/m0/s1. The highest BCUT2D eigenvalue weighted by molar-refractivity contribution is 5.89. The third-order valence-corrected chi connectivity index (χ3v) is 5.90. The van der Waals surface area contributed by atoms with Crippen LogP contribution in [-0.4, -0.2) is 47.2 Å². The van der Waals surface area contributed by atoms with Gasteiger partial charge in [0.15, 0.2) is 11.5 Å². The molecule has 3 fully saturated rings. The third kappa shape index (κ3) is 2.00. The number of rotatable bonds is 3. The number of nitrogens with zero attached hydrogens (tertiary/aromatic N) is 1. The van der Waals surface area contributed by atoms with Crippen molar-refractivity contribution in [1.82, 2.24) is 4.90 Å². The van der Waals surface area contributed by atoms with E-state index in [0.29, 0.717) is 32.2 Å². The van der Waals surface area contributed by atoms with Crippen molar-refractivity contribution < 1.29 is 28.6 Å². The summed E-state index contributed by atoms with van der Waals surface area (Å²) in [5.74, 6) is -0.633. The molecule has 3 saturated heterocycles. The molecular formula is C19H25NO6. The minimum atomic E-state index is -1.42. The second kappa shape index (κ2) is 5.31. The fourth-order valence-corrected chi connectivity index (χ4v) is 4.75. The largest absolute Gasteiger partial charge is 0.463 e. The van der Waals surface area contributed by atoms with Crippen molar-refractivity contribution in [3.8, 4) is 0 Å². The van der Waals surface area contributed by atoms with Crippen molar-refractivity contribution in [3.63, 3.8) is 0 Å². The summed E-state index contributed by atoms with van der Waals surface area (Å²) < 4.78 is 17.4. The van der Waals surface area contributed by atoms with Gasteiger partial charge in [0.1, 0.15) is 0 Å². The molecule has 0 radical (unpaired) electrons. The Morgan fingerprint density at radius 1 is 1.31 bits per heavy atom. The Labute approximate surface area is 152 Å². The molecule has 3 atom stereocenters. The van der Waals surface area contributed by atoms with E-state index in [4.69, 9.17) is 14.2 Å². The number of carbonyl (C=O) groups is 3. The van der Waals surface area contributed by atoms with Crippen LogP contribution in [0.1, 0.15) is 53.4 Å². The monoisotopic (exact) mass is 363 g/mol. The van der Waals surface area contributed by atoms with E-state index in [-0.39, 0.29) is 24.2 Å².